The Kier molecular flexibility index (Phi) is 5.90. The fraction of sp³-hybridized carbons (Fsp3) is 0.308. The second-order valence-electron chi connectivity index (χ2n) is 3.75. The van der Waals surface area contributed by atoms with Crippen LogP contribution in [0, 0.1) is 0 Å². The van der Waals surface area contributed by atoms with E-state index in [4.69, 9.17) is 9.84 Å². The van der Waals surface area contributed by atoms with E-state index < -0.39 is 12.1 Å². The van der Waals surface area contributed by atoms with E-state index in [1.807, 2.05) is 0 Å². The molecule has 0 bridgehead atoms. The van der Waals surface area contributed by atoms with Gasteiger partial charge >= 0.3 is 5.97 Å². The van der Waals surface area contributed by atoms with Crippen LogP contribution < -0.4 is 5.32 Å². The van der Waals surface area contributed by atoms with E-state index in [-0.39, 0.29) is 12.2 Å². The van der Waals surface area contributed by atoms with Crippen LogP contribution in [0.1, 0.15) is 10.4 Å². The molecular formula is C13H17NO4. The molecule has 0 aliphatic carbocycles. The molecule has 0 saturated heterocycles. The maximum atomic E-state index is 10.8. The predicted molar refractivity (Wildman–Crippen MR) is 68.9 cm³/mol. The SMILES string of the molecule is C=CCOCC(O)CNc1cccc(C(=O)O)c1. The zero-order valence-electron chi connectivity index (χ0n) is 10.0. The summed E-state index contributed by atoms with van der Waals surface area (Å²) < 4.78 is 5.09. The maximum Gasteiger partial charge on any atom is 0.335 e. The third kappa shape index (κ3) is 4.99. The van der Waals surface area contributed by atoms with Gasteiger partial charge in [-0.3, -0.25) is 0 Å². The van der Waals surface area contributed by atoms with Crippen LogP contribution in [0.2, 0.25) is 0 Å². The summed E-state index contributed by atoms with van der Waals surface area (Å²) in [5.74, 6) is -0.978. The Morgan fingerprint density at radius 3 is 3.00 bits per heavy atom. The first-order chi connectivity index (χ1) is 8.63. The third-order valence-corrected chi connectivity index (χ3v) is 2.20. The number of hydrogen-bond donors (Lipinski definition) is 3. The van der Waals surface area contributed by atoms with Crippen molar-refractivity contribution in [2.24, 2.45) is 0 Å². The van der Waals surface area contributed by atoms with Crippen LogP contribution in [0.5, 0.6) is 0 Å². The van der Waals surface area contributed by atoms with Crippen LogP contribution >= 0.6 is 0 Å². The minimum Gasteiger partial charge on any atom is -0.478 e. The van der Waals surface area contributed by atoms with Gasteiger partial charge in [-0.15, -0.1) is 6.58 Å². The number of aliphatic hydroxyl groups excluding tert-OH is 1. The van der Waals surface area contributed by atoms with Crippen molar-refractivity contribution in [1.29, 1.82) is 0 Å². The fourth-order valence-corrected chi connectivity index (χ4v) is 1.34. The summed E-state index contributed by atoms with van der Waals surface area (Å²) in [4.78, 5) is 10.8. The second-order valence-corrected chi connectivity index (χ2v) is 3.75. The molecule has 0 aliphatic rings. The van der Waals surface area contributed by atoms with E-state index in [1.165, 1.54) is 12.1 Å². The topological polar surface area (TPSA) is 78.8 Å². The lowest BCUT2D eigenvalue weighted by molar-refractivity contribution is 0.0566. The first-order valence-corrected chi connectivity index (χ1v) is 5.57. The highest BCUT2D eigenvalue weighted by atomic mass is 16.5. The summed E-state index contributed by atoms with van der Waals surface area (Å²) >= 11 is 0. The minimum absolute atomic E-state index is 0.206. The molecule has 5 nitrogen and oxygen atoms in total. The number of carboxylic acids is 1. The Hall–Kier alpha value is -1.85. The number of benzene rings is 1. The van der Waals surface area contributed by atoms with Gasteiger partial charge in [-0.1, -0.05) is 12.1 Å². The van der Waals surface area contributed by atoms with Crippen LogP contribution in [0.4, 0.5) is 5.69 Å². The fourth-order valence-electron chi connectivity index (χ4n) is 1.34. The standard InChI is InChI=1S/C13H17NO4/c1-2-6-18-9-12(15)8-14-11-5-3-4-10(7-11)13(16)17/h2-5,7,12,14-15H,1,6,8-9H2,(H,16,17). The van der Waals surface area contributed by atoms with Crippen LogP contribution in [-0.2, 0) is 4.74 Å². The molecule has 0 saturated carbocycles. The van der Waals surface area contributed by atoms with Gasteiger partial charge in [0.2, 0.25) is 0 Å². The van der Waals surface area contributed by atoms with E-state index in [2.05, 4.69) is 11.9 Å². The lowest BCUT2D eigenvalue weighted by Gasteiger charge is -2.12. The molecule has 5 heteroatoms. The Morgan fingerprint density at radius 2 is 2.33 bits per heavy atom. The molecule has 0 amide bonds. The molecule has 0 radical (unpaired) electrons. The molecule has 0 aromatic heterocycles. The van der Waals surface area contributed by atoms with Gasteiger partial charge in [-0.25, -0.2) is 4.79 Å². The van der Waals surface area contributed by atoms with Gasteiger partial charge in [-0.2, -0.15) is 0 Å². The van der Waals surface area contributed by atoms with Gasteiger partial charge in [0, 0.05) is 12.2 Å². The van der Waals surface area contributed by atoms with Crippen LogP contribution in [0.15, 0.2) is 36.9 Å². The smallest absolute Gasteiger partial charge is 0.335 e. The van der Waals surface area contributed by atoms with Gasteiger partial charge in [0.05, 0.1) is 24.9 Å². The summed E-state index contributed by atoms with van der Waals surface area (Å²) in [5.41, 5.74) is 0.857. The summed E-state index contributed by atoms with van der Waals surface area (Å²) in [6.45, 7) is 4.39. The molecule has 1 rings (SSSR count). The van der Waals surface area contributed by atoms with Gasteiger partial charge in [-0.05, 0) is 18.2 Å². The van der Waals surface area contributed by atoms with Crippen molar-refractivity contribution < 1.29 is 19.7 Å². The molecule has 0 aliphatic heterocycles. The molecule has 98 valence electrons. The molecule has 0 heterocycles. The number of carboxylic acid groups (broad SMARTS) is 1. The normalized spacial score (nSPS) is 11.8. The van der Waals surface area contributed by atoms with Crippen molar-refractivity contribution in [3.05, 3.63) is 42.5 Å². The molecule has 3 N–H and O–H groups in total. The van der Waals surface area contributed by atoms with Crippen molar-refractivity contribution in [3.63, 3.8) is 0 Å². The molecule has 0 fully saturated rings. The summed E-state index contributed by atoms with van der Waals surface area (Å²) in [5, 5.41) is 21.3. The Bertz CT molecular complexity index is 406. The van der Waals surface area contributed by atoms with E-state index in [1.54, 1.807) is 18.2 Å². The minimum atomic E-state index is -0.978. The zero-order chi connectivity index (χ0) is 13.4. The van der Waals surface area contributed by atoms with E-state index in [0.717, 1.165) is 0 Å². The summed E-state index contributed by atoms with van der Waals surface area (Å²) in [6, 6.07) is 6.41. The average molecular weight is 251 g/mol. The number of aromatic carboxylic acids is 1. The average Bonchev–Trinajstić information content (AvgIpc) is 2.37. The number of rotatable bonds is 8. The quantitative estimate of drug-likeness (QED) is 0.480. The van der Waals surface area contributed by atoms with Crippen molar-refractivity contribution in [2.75, 3.05) is 25.1 Å². The maximum absolute atomic E-state index is 10.8. The van der Waals surface area contributed by atoms with Crippen LogP contribution in [-0.4, -0.2) is 42.0 Å². The highest BCUT2D eigenvalue weighted by Gasteiger charge is 2.06. The monoisotopic (exact) mass is 251 g/mol. The highest BCUT2D eigenvalue weighted by Crippen LogP contribution is 2.10. The van der Waals surface area contributed by atoms with E-state index in [9.17, 15) is 9.90 Å². The molecule has 1 aromatic carbocycles. The van der Waals surface area contributed by atoms with Crippen molar-refractivity contribution in [3.8, 4) is 0 Å². The predicted octanol–water partition coefficient (Wildman–Crippen LogP) is 1.36. The molecule has 0 spiro atoms. The van der Waals surface area contributed by atoms with Gasteiger partial charge < -0.3 is 20.3 Å². The number of hydrogen-bond acceptors (Lipinski definition) is 4. The van der Waals surface area contributed by atoms with Crippen molar-refractivity contribution in [1.82, 2.24) is 0 Å². The molecule has 18 heavy (non-hydrogen) atoms. The second kappa shape index (κ2) is 7.47. The summed E-state index contributed by atoms with van der Waals surface area (Å²) in [7, 11) is 0. The van der Waals surface area contributed by atoms with Crippen molar-refractivity contribution >= 4 is 11.7 Å². The van der Waals surface area contributed by atoms with E-state index in [0.29, 0.717) is 18.8 Å². The molecular weight excluding hydrogens is 234 g/mol. The summed E-state index contributed by atoms with van der Waals surface area (Å²) in [6.07, 6.45) is 0.953. The Balaban J connectivity index is 2.40. The first kappa shape index (κ1) is 14.2. The number of nitrogens with one attached hydrogen (secondary N) is 1. The van der Waals surface area contributed by atoms with Gasteiger partial charge in [0.1, 0.15) is 0 Å². The number of carbonyl (C=O) groups is 1. The van der Waals surface area contributed by atoms with E-state index >= 15 is 0 Å². The van der Waals surface area contributed by atoms with Gasteiger partial charge in [0.15, 0.2) is 0 Å². The molecule has 1 aromatic rings. The molecule has 1 unspecified atom stereocenters. The number of aliphatic hydroxyl groups is 1. The highest BCUT2D eigenvalue weighted by molar-refractivity contribution is 5.88. The number of ether oxygens (including phenoxy) is 1. The largest absolute Gasteiger partial charge is 0.478 e. The van der Waals surface area contributed by atoms with Crippen molar-refractivity contribution in [2.45, 2.75) is 6.10 Å². The van der Waals surface area contributed by atoms with Gasteiger partial charge in [0.25, 0.3) is 0 Å². The van der Waals surface area contributed by atoms with Crippen LogP contribution in [0.25, 0.3) is 0 Å². The zero-order valence-corrected chi connectivity index (χ0v) is 10.0. The lowest BCUT2D eigenvalue weighted by atomic mass is 10.2. The number of anilines is 1. The first-order valence-electron chi connectivity index (χ1n) is 5.57. The Morgan fingerprint density at radius 1 is 1.56 bits per heavy atom. The van der Waals surface area contributed by atoms with Crippen LogP contribution in [0.3, 0.4) is 0 Å². The Labute approximate surface area is 106 Å². The lowest BCUT2D eigenvalue weighted by Crippen LogP contribution is -2.24. The molecule has 1 atom stereocenters. The third-order valence-electron chi connectivity index (χ3n) is 2.20.